The monoisotopic (exact) mass is 245 g/mol. The van der Waals surface area contributed by atoms with Gasteiger partial charge in [-0.25, -0.2) is 9.97 Å². The number of aromatic nitrogens is 2. The molecule has 94 valence electrons. The molecule has 0 amide bonds. The maximum atomic E-state index is 5.35. The second-order valence-electron chi connectivity index (χ2n) is 4.14. The molecule has 2 heterocycles. The molecule has 2 aromatic rings. The molecule has 0 spiro atoms. The van der Waals surface area contributed by atoms with E-state index in [0.29, 0.717) is 5.88 Å². The first kappa shape index (κ1) is 11.2. The van der Waals surface area contributed by atoms with Crippen molar-refractivity contribution >= 4 is 16.9 Å². The summed E-state index contributed by atoms with van der Waals surface area (Å²) in [5.74, 6) is 1.38. The fraction of sp³-hybridized carbons (Fsp3) is 0.385. The van der Waals surface area contributed by atoms with Gasteiger partial charge in [0.2, 0.25) is 0 Å². The van der Waals surface area contributed by atoms with Crippen molar-refractivity contribution in [2.75, 3.05) is 38.3 Å². The van der Waals surface area contributed by atoms with Crippen LogP contribution >= 0.6 is 0 Å². The van der Waals surface area contributed by atoms with Gasteiger partial charge in [-0.3, -0.25) is 0 Å². The van der Waals surface area contributed by atoms with E-state index in [1.807, 2.05) is 24.3 Å². The lowest BCUT2D eigenvalue weighted by molar-refractivity contribution is 0.122. The largest absolute Gasteiger partial charge is 0.478 e. The molecular weight excluding hydrogens is 230 g/mol. The van der Waals surface area contributed by atoms with Crippen molar-refractivity contribution in [3.05, 3.63) is 24.3 Å². The Bertz CT molecular complexity index is 553. The summed E-state index contributed by atoms with van der Waals surface area (Å²) in [6.07, 6.45) is 0. The lowest BCUT2D eigenvalue weighted by atomic mass is 10.3. The van der Waals surface area contributed by atoms with Gasteiger partial charge in [0.25, 0.3) is 5.88 Å². The van der Waals surface area contributed by atoms with E-state index in [1.54, 1.807) is 7.11 Å². The van der Waals surface area contributed by atoms with Crippen molar-refractivity contribution in [3.63, 3.8) is 0 Å². The van der Waals surface area contributed by atoms with E-state index in [2.05, 4.69) is 14.9 Å². The lowest BCUT2D eigenvalue weighted by Gasteiger charge is -2.28. The highest BCUT2D eigenvalue weighted by Crippen LogP contribution is 2.27. The first-order chi connectivity index (χ1) is 8.88. The molecule has 0 aliphatic carbocycles. The third kappa shape index (κ3) is 1.97. The predicted molar refractivity (Wildman–Crippen MR) is 69.1 cm³/mol. The molecule has 1 aliphatic rings. The normalized spacial score (nSPS) is 15.9. The molecule has 1 fully saturated rings. The van der Waals surface area contributed by atoms with Crippen LogP contribution in [0.25, 0.3) is 11.0 Å². The van der Waals surface area contributed by atoms with Gasteiger partial charge in [0.05, 0.1) is 31.4 Å². The van der Waals surface area contributed by atoms with Gasteiger partial charge in [-0.15, -0.1) is 0 Å². The zero-order valence-electron chi connectivity index (χ0n) is 10.3. The molecular formula is C13H15N3O2. The average molecular weight is 245 g/mol. The van der Waals surface area contributed by atoms with E-state index in [4.69, 9.17) is 9.47 Å². The Balaban J connectivity index is 2.08. The molecule has 0 saturated carbocycles. The quantitative estimate of drug-likeness (QED) is 0.802. The number of hydrogen-bond acceptors (Lipinski definition) is 5. The van der Waals surface area contributed by atoms with Crippen LogP contribution in [0.15, 0.2) is 24.3 Å². The molecule has 5 nitrogen and oxygen atoms in total. The van der Waals surface area contributed by atoms with Crippen LogP contribution in [0.4, 0.5) is 5.82 Å². The minimum Gasteiger partial charge on any atom is -0.478 e. The van der Waals surface area contributed by atoms with Crippen LogP contribution in [-0.4, -0.2) is 43.4 Å². The smallest absolute Gasteiger partial charge is 0.257 e. The molecule has 1 aliphatic heterocycles. The van der Waals surface area contributed by atoms with Gasteiger partial charge in [0.15, 0.2) is 5.82 Å². The third-order valence-corrected chi connectivity index (χ3v) is 3.03. The van der Waals surface area contributed by atoms with Crippen LogP contribution in [0, 0.1) is 0 Å². The first-order valence-electron chi connectivity index (χ1n) is 6.02. The zero-order valence-corrected chi connectivity index (χ0v) is 10.3. The Morgan fingerprint density at radius 2 is 1.78 bits per heavy atom. The summed E-state index contributed by atoms with van der Waals surface area (Å²) in [5, 5.41) is 0. The number of para-hydroxylation sites is 2. The third-order valence-electron chi connectivity index (χ3n) is 3.03. The molecule has 18 heavy (non-hydrogen) atoms. The minimum absolute atomic E-state index is 0.579. The molecule has 1 aromatic carbocycles. The van der Waals surface area contributed by atoms with E-state index in [1.165, 1.54) is 0 Å². The van der Waals surface area contributed by atoms with E-state index in [0.717, 1.165) is 43.2 Å². The van der Waals surface area contributed by atoms with Gasteiger partial charge < -0.3 is 14.4 Å². The average Bonchev–Trinajstić information content (AvgIpc) is 2.46. The SMILES string of the molecule is COc1nc2ccccc2nc1N1CCOCC1. The van der Waals surface area contributed by atoms with Crippen molar-refractivity contribution in [1.82, 2.24) is 9.97 Å². The van der Waals surface area contributed by atoms with Crippen molar-refractivity contribution in [2.45, 2.75) is 0 Å². The maximum absolute atomic E-state index is 5.35. The second kappa shape index (κ2) is 4.78. The zero-order chi connectivity index (χ0) is 12.4. The number of fused-ring (bicyclic) bond motifs is 1. The van der Waals surface area contributed by atoms with Crippen LogP contribution < -0.4 is 9.64 Å². The van der Waals surface area contributed by atoms with Crippen molar-refractivity contribution < 1.29 is 9.47 Å². The Morgan fingerprint density at radius 1 is 1.11 bits per heavy atom. The van der Waals surface area contributed by atoms with Crippen molar-refractivity contribution in [3.8, 4) is 5.88 Å². The summed E-state index contributed by atoms with van der Waals surface area (Å²) in [6.45, 7) is 3.09. The van der Waals surface area contributed by atoms with Crippen LogP contribution in [0.3, 0.4) is 0 Å². The molecule has 3 rings (SSSR count). The summed E-state index contributed by atoms with van der Waals surface area (Å²) in [7, 11) is 1.63. The molecule has 0 bridgehead atoms. The maximum Gasteiger partial charge on any atom is 0.257 e. The van der Waals surface area contributed by atoms with Gasteiger partial charge in [-0.05, 0) is 12.1 Å². The number of methoxy groups -OCH3 is 1. The van der Waals surface area contributed by atoms with E-state index < -0.39 is 0 Å². The predicted octanol–water partition coefficient (Wildman–Crippen LogP) is 1.47. The van der Waals surface area contributed by atoms with Crippen LogP contribution in [0.5, 0.6) is 5.88 Å². The summed E-state index contributed by atoms with van der Waals surface area (Å²) in [4.78, 5) is 11.3. The Hall–Kier alpha value is -1.88. The van der Waals surface area contributed by atoms with Crippen LogP contribution in [0.1, 0.15) is 0 Å². The topological polar surface area (TPSA) is 47.5 Å². The Labute approximate surface area is 105 Å². The summed E-state index contributed by atoms with van der Waals surface area (Å²) in [6, 6.07) is 7.82. The Kier molecular flexibility index (Phi) is 2.98. The molecule has 1 saturated heterocycles. The summed E-state index contributed by atoms with van der Waals surface area (Å²) >= 11 is 0. The number of benzene rings is 1. The van der Waals surface area contributed by atoms with Gasteiger partial charge >= 0.3 is 0 Å². The first-order valence-corrected chi connectivity index (χ1v) is 6.02. The number of anilines is 1. The number of hydrogen-bond donors (Lipinski definition) is 0. The number of rotatable bonds is 2. The highest BCUT2D eigenvalue weighted by molar-refractivity contribution is 5.77. The lowest BCUT2D eigenvalue weighted by Crippen LogP contribution is -2.37. The number of nitrogens with zero attached hydrogens (tertiary/aromatic N) is 3. The molecule has 1 aromatic heterocycles. The molecule has 0 atom stereocenters. The van der Waals surface area contributed by atoms with Gasteiger partial charge in [0, 0.05) is 13.1 Å². The van der Waals surface area contributed by atoms with Gasteiger partial charge in [0.1, 0.15) is 0 Å². The fourth-order valence-electron chi connectivity index (χ4n) is 2.09. The van der Waals surface area contributed by atoms with Gasteiger partial charge in [-0.2, -0.15) is 0 Å². The summed E-state index contributed by atoms with van der Waals surface area (Å²) < 4.78 is 10.7. The van der Waals surface area contributed by atoms with Gasteiger partial charge in [-0.1, -0.05) is 12.1 Å². The van der Waals surface area contributed by atoms with E-state index in [9.17, 15) is 0 Å². The van der Waals surface area contributed by atoms with E-state index >= 15 is 0 Å². The minimum atomic E-state index is 0.579. The van der Waals surface area contributed by atoms with Crippen molar-refractivity contribution in [2.24, 2.45) is 0 Å². The standard InChI is InChI=1S/C13H15N3O2/c1-17-13-12(16-6-8-18-9-7-16)14-10-4-2-3-5-11(10)15-13/h2-5H,6-9H2,1H3. The highest BCUT2D eigenvalue weighted by Gasteiger charge is 2.18. The van der Waals surface area contributed by atoms with Crippen LogP contribution in [0.2, 0.25) is 0 Å². The Morgan fingerprint density at radius 3 is 2.44 bits per heavy atom. The number of ether oxygens (including phenoxy) is 2. The molecule has 5 heteroatoms. The second-order valence-corrected chi connectivity index (χ2v) is 4.14. The molecule has 0 unspecified atom stereocenters. The van der Waals surface area contributed by atoms with Crippen LogP contribution in [-0.2, 0) is 4.74 Å². The van der Waals surface area contributed by atoms with Crippen molar-refractivity contribution in [1.29, 1.82) is 0 Å². The van der Waals surface area contributed by atoms with E-state index in [-0.39, 0.29) is 0 Å². The summed E-state index contributed by atoms with van der Waals surface area (Å²) in [5.41, 5.74) is 1.74. The fourth-order valence-corrected chi connectivity index (χ4v) is 2.09. The number of morpholine rings is 1. The highest BCUT2D eigenvalue weighted by atomic mass is 16.5. The molecule has 0 N–H and O–H groups in total. The molecule has 0 radical (unpaired) electrons.